The van der Waals surface area contributed by atoms with Gasteiger partial charge in [-0.25, -0.2) is 13.2 Å². The second kappa shape index (κ2) is 11.0. The number of benzene rings is 2. The first kappa shape index (κ1) is 29.3. The van der Waals surface area contributed by atoms with Crippen molar-refractivity contribution in [1.29, 1.82) is 0 Å². The van der Waals surface area contributed by atoms with Gasteiger partial charge in [0.05, 0.1) is 5.25 Å². The van der Waals surface area contributed by atoms with Gasteiger partial charge in [0.1, 0.15) is 9.79 Å². The van der Waals surface area contributed by atoms with Crippen molar-refractivity contribution in [2.75, 3.05) is 10.0 Å². The van der Waals surface area contributed by atoms with Gasteiger partial charge in [0.2, 0.25) is 10.0 Å². The van der Waals surface area contributed by atoms with E-state index in [2.05, 4.69) is 15.4 Å². The number of nitrogens with one attached hydrogen (secondary N) is 3. The zero-order chi connectivity index (χ0) is 27.5. The van der Waals surface area contributed by atoms with E-state index in [0.717, 1.165) is 18.2 Å². The van der Waals surface area contributed by atoms with Crippen molar-refractivity contribution in [2.45, 2.75) is 48.8 Å². The summed E-state index contributed by atoms with van der Waals surface area (Å²) in [6.45, 7) is 6.30. The Morgan fingerprint density at radius 1 is 0.778 bits per heavy atom. The van der Waals surface area contributed by atoms with E-state index in [0.29, 0.717) is 0 Å². The number of urea groups is 1. The highest BCUT2D eigenvalue weighted by atomic mass is 32.2. The Hall–Kier alpha value is -2.98. The number of hydrogen-bond acceptors (Lipinski definition) is 7. The summed E-state index contributed by atoms with van der Waals surface area (Å²) in [4.78, 5) is 10.7. The van der Waals surface area contributed by atoms with Crippen LogP contribution >= 0.6 is 0 Å². The van der Waals surface area contributed by atoms with Crippen molar-refractivity contribution in [1.82, 2.24) is 5.32 Å². The molecule has 2 aromatic carbocycles. The molecule has 2 aromatic rings. The van der Waals surface area contributed by atoms with Gasteiger partial charge in [0, 0.05) is 17.4 Å². The minimum atomic E-state index is -4.81. The van der Waals surface area contributed by atoms with Crippen LogP contribution in [0.5, 0.6) is 0 Å². The zero-order valence-corrected chi connectivity index (χ0v) is 22.2. The molecular formula is C21H27N3O9S3. The highest BCUT2D eigenvalue weighted by molar-refractivity contribution is 7.93. The van der Waals surface area contributed by atoms with E-state index in [9.17, 15) is 39.2 Å². The third-order valence-electron chi connectivity index (χ3n) is 4.58. The Morgan fingerprint density at radius 2 is 1.22 bits per heavy atom. The number of carbonyl (C=O) groups excluding carboxylic acids is 1. The predicted octanol–water partition coefficient (Wildman–Crippen LogP) is 3.03. The summed E-state index contributed by atoms with van der Waals surface area (Å²) in [6, 6.07) is 6.25. The van der Waals surface area contributed by atoms with Gasteiger partial charge in [-0.1, -0.05) is 24.3 Å². The molecule has 0 bridgehead atoms. The predicted molar refractivity (Wildman–Crippen MR) is 136 cm³/mol. The van der Waals surface area contributed by atoms with Crippen molar-refractivity contribution < 1.29 is 39.2 Å². The molecule has 2 amide bonds. The highest BCUT2D eigenvalue weighted by Gasteiger charge is 2.20. The first-order valence-electron chi connectivity index (χ1n) is 10.4. The molecule has 0 saturated carbocycles. The Morgan fingerprint density at radius 3 is 1.64 bits per heavy atom. The van der Waals surface area contributed by atoms with Crippen LogP contribution in [0.2, 0.25) is 0 Å². The van der Waals surface area contributed by atoms with Crippen LogP contribution in [0, 0.1) is 0 Å². The Bertz CT molecular complexity index is 1500. The van der Waals surface area contributed by atoms with Gasteiger partial charge in [-0.15, -0.1) is 0 Å². The Balaban J connectivity index is 2.50. The summed E-state index contributed by atoms with van der Waals surface area (Å²) in [7, 11) is -13.4. The van der Waals surface area contributed by atoms with Crippen molar-refractivity contribution in [3.8, 4) is 0 Å². The number of rotatable bonds is 9. The number of carbonyl (C=O) groups is 1. The molecule has 0 unspecified atom stereocenters. The van der Waals surface area contributed by atoms with Crippen molar-refractivity contribution in [3.05, 3.63) is 47.5 Å². The maximum atomic E-state index is 12.1. The molecule has 198 valence electrons. The lowest BCUT2D eigenvalue weighted by Gasteiger charge is -2.13. The van der Waals surface area contributed by atoms with Gasteiger partial charge in [-0.05, 0) is 63.1 Å². The molecule has 15 heteroatoms. The van der Waals surface area contributed by atoms with E-state index in [1.807, 2.05) is 0 Å². The second-order valence-electron chi connectivity index (χ2n) is 8.24. The molecule has 12 nitrogen and oxygen atoms in total. The topological polar surface area (TPSA) is 196 Å². The molecule has 0 aliphatic rings. The number of sulfonamides is 1. The van der Waals surface area contributed by atoms with Crippen LogP contribution in [0.1, 0.15) is 38.8 Å². The third kappa shape index (κ3) is 8.03. The zero-order valence-electron chi connectivity index (χ0n) is 19.8. The summed E-state index contributed by atoms with van der Waals surface area (Å²) in [6.07, 6.45) is 2.33. The van der Waals surface area contributed by atoms with Gasteiger partial charge >= 0.3 is 6.03 Å². The quantitative estimate of drug-likeness (QED) is 0.226. The molecule has 0 radical (unpaired) electrons. The number of amides is 2. The van der Waals surface area contributed by atoms with Crippen LogP contribution in [-0.4, -0.2) is 51.7 Å². The first-order chi connectivity index (χ1) is 16.4. The maximum absolute atomic E-state index is 12.1. The molecule has 0 fully saturated rings. The number of anilines is 2. The fourth-order valence-electron chi connectivity index (χ4n) is 2.82. The smallest absolute Gasteiger partial charge is 0.319 e. The SMILES string of the molecule is CC(C)NC(=O)Nc1ccc(/C=C/c2ccc(NS(=O)(=O)C(C)C)cc2S(=O)(=O)O)c(S(=O)(=O)O)c1. The molecule has 0 aliphatic carbocycles. The lowest BCUT2D eigenvalue weighted by molar-refractivity contribution is 0.250. The van der Waals surface area contributed by atoms with Gasteiger partial charge in [-0.2, -0.15) is 16.8 Å². The summed E-state index contributed by atoms with van der Waals surface area (Å²) in [5.74, 6) is 0. The highest BCUT2D eigenvalue weighted by Crippen LogP contribution is 2.27. The monoisotopic (exact) mass is 561 g/mol. The van der Waals surface area contributed by atoms with Gasteiger partial charge < -0.3 is 10.6 Å². The van der Waals surface area contributed by atoms with E-state index in [1.165, 1.54) is 44.2 Å². The standard InChI is InChI=1S/C21H27N3O9S3/c1-13(2)22-21(25)23-17-9-7-15(19(11-17)35(28,29)30)5-6-16-8-10-18(12-20(16)36(31,32)33)24-34(26,27)14(3)4/h5-14,24H,1-4H3,(H2,22,23,25)(H,28,29,30)(H,31,32,33)/b6-5+. The first-order valence-corrected chi connectivity index (χ1v) is 14.8. The van der Waals surface area contributed by atoms with Crippen LogP contribution in [0.4, 0.5) is 16.2 Å². The molecule has 0 spiro atoms. The average Bonchev–Trinajstić information content (AvgIpc) is 2.71. The van der Waals surface area contributed by atoms with E-state index in [-0.39, 0.29) is 28.5 Å². The molecule has 0 aromatic heterocycles. The van der Waals surface area contributed by atoms with E-state index >= 15 is 0 Å². The van der Waals surface area contributed by atoms with Crippen LogP contribution in [0.15, 0.2) is 46.2 Å². The average molecular weight is 562 g/mol. The minimum Gasteiger partial charge on any atom is -0.336 e. The fourth-order valence-corrected chi connectivity index (χ4v) is 4.93. The lowest BCUT2D eigenvalue weighted by atomic mass is 10.1. The van der Waals surface area contributed by atoms with Crippen LogP contribution in [0.3, 0.4) is 0 Å². The van der Waals surface area contributed by atoms with Crippen LogP contribution in [-0.2, 0) is 30.3 Å². The van der Waals surface area contributed by atoms with Crippen molar-refractivity contribution in [2.24, 2.45) is 0 Å². The van der Waals surface area contributed by atoms with E-state index in [1.54, 1.807) is 13.8 Å². The third-order valence-corrected chi connectivity index (χ3v) is 8.16. The summed E-state index contributed by atoms with van der Waals surface area (Å²) < 4.78 is 93.4. The molecule has 0 heterocycles. The number of hydrogen-bond donors (Lipinski definition) is 5. The molecule has 0 aliphatic heterocycles. The summed E-state index contributed by atoms with van der Waals surface area (Å²) in [5.41, 5.74) is -0.191. The molecule has 0 saturated heterocycles. The Kier molecular flexibility index (Phi) is 8.91. The van der Waals surface area contributed by atoms with Gasteiger partial charge in [-0.3, -0.25) is 13.8 Å². The van der Waals surface area contributed by atoms with Crippen LogP contribution in [0.25, 0.3) is 12.2 Å². The Labute approximate surface area is 210 Å². The van der Waals surface area contributed by atoms with E-state index in [4.69, 9.17) is 0 Å². The van der Waals surface area contributed by atoms with Gasteiger partial charge in [0.15, 0.2) is 0 Å². The lowest BCUT2D eigenvalue weighted by Crippen LogP contribution is -2.34. The summed E-state index contributed by atoms with van der Waals surface area (Å²) in [5, 5.41) is 4.18. The minimum absolute atomic E-state index is 0.0572. The molecule has 2 rings (SSSR count). The maximum Gasteiger partial charge on any atom is 0.319 e. The molecular weight excluding hydrogens is 534 g/mol. The molecule has 5 N–H and O–H groups in total. The normalized spacial score (nSPS) is 12.8. The largest absolute Gasteiger partial charge is 0.336 e. The van der Waals surface area contributed by atoms with Gasteiger partial charge in [0.25, 0.3) is 20.2 Å². The van der Waals surface area contributed by atoms with Crippen LogP contribution < -0.4 is 15.4 Å². The van der Waals surface area contributed by atoms with Crippen molar-refractivity contribution >= 4 is 59.8 Å². The molecule has 36 heavy (non-hydrogen) atoms. The van der Waals surface area contributed by atoms with Crippen molar-refractivity contribution in [3.63, 3.8) is 0 Å². The molecule has 0 atom stereocenters. The fraction of sp³-hybridized carbons (Fsp3) is 0.286. The van der Waals surface area contributed by atoms with E-state index < -0.39 is 51.3 Å². The summed E-state index contributed by atoms with van der Waals surface area (Å²) >= 11 is 0. The second-order valence-corrected chi connectivity index (χ2v) is 13.3.